The van der Waals surface area contributed by atoms with E-state index in [9.17, 15) is 8.42 Å². The molecule has 0 aliphatic rings. The molecule has 0 fully saturated rings. The van der Waals surface area contributed by atoms with Crippen molar-refractivity contribution in [3.05, 3.63) is 53.7 Å². The van der Waals surface area contributed by atoms with E-state index in [1.165, 1.54) is 12.1 Å². The van der Waals surface area contributed by atoms with Gasteiger partial charge in [0.25, 0.3) is 10.0 Å². The Kier molecular flexibility index (Phi) is 3.59. The van der Waals surface area contributed by atoms with E-state index in [0.717, 1.165) is 0 Å². The summed E-state index contributed by atoms with van der Waals surface area (Å²) in [6.07, 6.45) is 0. The number of nitrogens with one attached hydrogen (secondary N) is 1. The van der Waals surface area contributed by atoms with Crippen LogP contribution in [0, 0.1) is 0 Å². The van der Waals surface area contributed by atoms with Gasteiger partial charge in [-0.1, -0.05) is 35.9 Å². The first-order valence-electron chi connectivity index (χ1n) is 6.27. The summed E-state index contributed by atoms with van der Waals surface area (Å²) in [4.78, 5) is 8.27. The van der Waals surface area contributed by atoms with Gasteiger partial charge in [-0.3, -0.25) is 4.72 Å². The number of nitrogens with zero attached hydrogens (tertiary/aromatic N) is 2. The van der Waals surface area contributed by atoms with Crippen molar-refractivity contribution in [1.82, 2.24) is 9.97 Å². The number of hydrogen-bond acceptors (Lipinski definition) is 5. The second kappa shape index (κ2) is 5.43. The summed E-state index contributed by atoms with van der Waals surface area (Å²) in [6.45, 7) is 0. The van der Waals surface area contributed by atoms with E-state index >= 15 is 0 Å². The van der Waals surface area contributed by atoms with Crippen LogP contribution in [0.2, 0.25) is 5.15 Å². The number of fused-ring (bicyclic) bond motifs is 1. The third-order valence-electron chi connectivity index (χ3n) is 2.97. The van der Waals surface area contributed by atoms with Gasteiger partial charge in [-0.25, -0.2) is 18.4 Å². The minimum Gasteiger partial charge on any atom is -0.398 e. The van der Waals surface area contributed by atoms with Gasteiger partial charge < -0.3 is 5.73 Å². The molecule has 3 rings (SSSR count). The standard InChI is InChI=1S/C14H11ClN4O2S/c15-13-14(18-11-7-3-2-6-10(11)17-13)19-22(20,21)12-8-4-1-5-9(12)16/h1-8H,16H2,(H,18,19). The van der Waals surface area contributed by atoms with Crippen molar-refractivity contribution in [2.45, 2.75) is 4.90 Å². The van der Waals surface area contributed by atoms with Gasteiger partial charge in [0.05, 0.1) is 16.7 Å². The van der Waals surface area contributed by atoms with Crippen LogP contribution in [0.15, 0.2) is 53.4 Å². The van der Waals surface area contributed by atoms with Crippen LogP contribution in [0.1, 0.15) is 0 Å². The van der Waals surface area contributed by atoms with Crippen LogP contribution < -0.4 is 10.5 Å². The molecule has 0 saturated heterocycles. The molecule has 0 radical (unpaired) electrons. The smallest absolute Gasteiger partial charge is 0.265 e. The highest BCUT2D eigenvalue weighted by Crippen LogP contribution is 2.25. The highest BCUT2D eigenvalue weighted by atomic mass is 35.5. The number of nitrogen functional groups attached to an aromatic ring is 1. The highest BCUT2D eigenvalue weighted by Gasteiger charge is 2.20. The number of anilines is 2. The molecule has 0 aliphatic carbocycles. The van der Waals surface area contributed by atoms with Crippen molar-refractivity contribution < 1.29 is 8.42 Å². The van der Waals surface area contributed by atoms with E-state index in [0.29, 0.717) is 11.0 Å². The molecule has 0 amide bonds. The van der Waals surface area contributed by atoms with Gasteiger partial charge in [0.2, 0.25) is 0 Å². The van der Waals surface area contributed by atoms with Crippen LogP contribution in [0.5, 0.6) is 0 Å². The lowest BCUT2D eigenvalue weighted by Gasteiger charge is -2.10. The lowest BCUT2D eigenvalue weighted by molar-refractivity contribution is 0.601. The van der Waals surface area contributed by atoms with Crippen molar-refractivity contribution in [1.29, 1.82) is 0 Å². The predicted molar refractivity (Wildman–Crippen MR) is 86.2 cm³/mol. The van der Waals surface area contributed by atoms with Crippen LogP contribution in [-0.2, 0) is 10.0 Å². The molecule has 22 heavy (non-hydrogen) atoms. The van der Waals surface area contributed by atoms with Crippen LogP contribution in [-0.4, -0.2) is 18.4 Å². The highest BCUT2D eigenvalue weighted by molar-refractivity contribution is 7.92. The Hall–Kier alpha value is -2.38. The van der Waals surface area contributed by atoms with Crippen LogP contribution in [0.25, 0.3) is 11.0 Å². The summed E-state index contributed by atoms with van der Waals surface area (Å²) in [5.41, 5.74) is 6.95. The van der Waals surface area contributed by atoms with E-state index < -0.39 is 10.0 Å². The fourth-order valence-corrected chi connectivity index (χ4v) is 3.33. The molecule has 0 spiro atoms. The first-order chi connectivity index (χ1) is 10.5. The zero-order valence-corrected chi connectivity index (χ0v) is 12.8. The second-order valence-electron chi connectivity index (χ2n) is 4.50. The number of sulfonamides is 1. The number of para-hydroxylation sites is 3. The van der Waals surface area contributed by atoms with Gasteiger partial charge in [-0.15, -0.1) is 0 Å². The Morgan fingerprint density at radius 2 is 1.55 bits per heavy atom. The Labute approximate surface area is 132 Å². The molecular weight excluding hydrogens is 324 g/mol. The maximum absolute atomic E-state index is 12.4. The largest absolute Gasteiger partial charge is 0.398 e. The predicted octanol–water partition coefficient (Wildman–Crippen LogP) is 2.67. The maximum Gasteiger partial charge on any atom is 0.265 e. The van der Waals surface area contributed by atoms with Crippen molar-refractivity contribution >= 4 is 44.2 Å². The number of halogens is 1. The van der Waals surface area contributed by atoms with Gasteiger partial charge in [-0.05, 0) is 24.3 Å². The Bertz CT molecular complexity index is 960. The van der Waals surface area contributed by atoms with Crippen molar-refractivity contribution in [3.63, 3.8) is 0 Å². The summed E-state index contributed by atoms with van der Waals surface area (Å²) in [7, 11) is -3.90. The van der Waals surface area contributed by atoms with E-state index in [1.807, 2.05) is 0 Å². The molecule has 0 saturated carbocycles. The minimum absolute atomic E-state index is 0.0308. The third kappa shape index (κ3) is 2.68. The fourth-order valence-electron chi connectivity index (χ4n) is 1.95. The van der Waals surface area contributed by atoms with Gasteiger partial charge >= 0.3 is 0 Å². The maximum atomic E-state index is 12.4. The second-order valence-corrected chi connectivity index (χ2v) is 6.50. The normalized spacial score (nSPS) is 11.5. The summed E-state index contributed by atoms with van der Waals surface area (Å²) in [5.74, 6) is -0.0383. The zero-order valence-electron chi connectivity index (χ0n) is 11.2. The molecule has 112 valence electrons. The molecule has 8 heteroatoms. The van der Waals surface area contributed by atoms with Crippen LogP contribution in [0.3, 0.4) is 0 Å². The molecule has 0 aliphatic heterocycles. The summed E-state index contributed by atoms with van der Waals surface area (Å²) in [6, 6.07) is 13.2. The number of benzene rings is 2. The van der Waals surface area contributed by atoms with E-state index in [2.05, 4.69) is 14.7 Å². The Balaban J connectivity index is 2.06. The molecule has 2 aromatic carbocycles. The SMILES string of the molecule is Nc1ccccc1S(=O)(=O)Nc1nc2ccccc2nc1Cl. The van der Waals surface area contributed by atoms with Crippen molar-refractivity contribution in [2.24, 2.45) is 0 Å². The van der Waals surface area contributed by atoms with Crippen molar-refractivity contribution in [3.8, 4) is 0 Å². The van der Waals surface area contributed by atoms with Crippen LogP contribution in [0.4, 0.5) is 11.5 Å². The molecule has 3 aromatic rings. The monoisotopic (exact) mass is 334 g/mol. The summed E-state index contributed by atoms with van der Waals surface area (Å²) < 4.78 is 27.1. The molecule has 0 unspecified atom stereocenters. The van der Waals surface area contributed by atoms with Crippen molar-refractivity contribution in [2.75, 3.05) is 10.5 Å². The Morgan fingerprint density at radius 1 is 0.955 bits per heavy atom. The van der Waals surface area contributed by atoms with Gasteiger partial charge in [0, 0.05) is 0 Å². The first-order valence-corrected chi connectivity index (χ1v) is 8.13. The number of rotatable bonds is 3. The van der Waals surface area contributed by atoms with E-state index in [4.69, 9.17) is 17.3 Å². The van der Waals surface area contributed by atoms with Gasteiger partial charge in [0.15, 0.2) is 11.0 Å². The number of nitrogens with two attached hydrogens (primary N) is 1. The average molecular weight is 335 g/mol. The summed E-state index contributed by atoms with van der Waals surface area (Å²) in [5, 5.41) is -0.0308. The number of aromatic nitrogens is 2. The zero-order chi connectivity index (χ0) is 15.7. The summed E-state index contributed by atoms with van der Waals surface area (Å²) >= 11 is 6.00. The lowest BCUT2D eigenvalue weighted by Crippen LogP contribution is -2.16. The van der Waals surface area contributed by atoms with E-state index in [-0.39, 0.29) is 21.6 Å². The first kappa shape index (κ1) is 14.6. The molecular formula is C14H11ClN4O2S. The molecule has 1 aromatic heterocycles. The van der Waals surface area contributed by atoms with Gasteiger partial charge in [0.1, 0.15) is 4.90 Å². The average Bonchev–Trinajstić information content (AvgIpc) is 2.48. The minimum atomic E-state index is -3.90. The molecule has 3 N–H and O–H groups in total. The van der Waals surface area contributed by atoms with Crippen LogP contribution >= 0.6 is 11.6 Å². The molecule has 6 nitrogen and oxygen atoms in total. The Morgan fingerprint density at radius 3 is 2.23 bits per heavy atom. The topological polar surface area (TPSA) is 98.0 Å². The number of hydrogen-bond donors (Lipinski definition) is 2. The van der Waals surface area contributed by atoms with E-state index in [1.54, 1.807) is 36.4 Å². The quantitative estimate of drug-likeness (QED) is 0.717. The molecule has 0 atom stereocenters. The third-order valence-corrected chi connectivity index (χ3v) is 4.64. The molecule has 0 bridgehead atoms. The van der Waals surface area contributed by atoms with Gasteiger partial charge in [-0.2, -0.15) is 0 Å². The molecule has 1 heterocycles. The fraction of sp³-hybridized carbons (Fsp3) is 0. The lowest BCUT2D eigenvalue weighted by atomic mass is 10.3.